The lowest BCUT2D eigenvalue weighted by Gasteiger charge is -1.94. The molecule has 0 aliphatic carbocycles. The Morgan fingerprint density at radius 2 is 2.29 bits per heavy atom. The van der Waals surface area contributed by atoms with Gasteiger partial charge in [-0.2, -0.15) is 4.79 Å². The molecule has 0 bridgehead atoms. The number of carbonyl (C=O) groups is 1. The van der Waals surface area contributed by atoms with E-state index in [9.17, 15) is 4.79 Å². The van der Waals surface area contributed by atoms with E-state index >= 15 is 0 Å². The first kappa shape index (κ1) is 10.8. The Balaban J connectivity index is 2.54. The molecule has 0 aromatic carbocycles. The molecule has 0 aliphatic rings. The van der Waals surface area contributed by atoms with Gasteiger partial charge in [0.2, 0.25) is 0 Å². The van der Waals surface area contributed by atoms with Crippen molar-refractivity contribution in [1.29, 1.82) is 0 Å². The summed E-state index contributed by atoms with van der Waals surface area (Å²) in [7, 11) is 0. The van der Waals surface area contributed by atoms with E-state index in [-0.39, 0.29) is 6.09 Å². The van der Waals surface area contributed by atoms with Crippen LogP contribution >= 0.6 is 0 Å². The van der Waals surface area contributed by atoms with Gasteiger partial charge in [0.25, 0.3) is 6.33 Å². The summed E-state index contributed by atoms with van der Waals surface area (Å²) in [6, 6.07) is 0. The van der Waals surface area contributed by atoms with Gasteiger partial charge in [0.05, 0.1) is 13.2 Å². The maximum Gasteiger partial charge on any atom is 0.511 e. The molecule has 0 N–H and O–H groups in total. The van der Waals surface area contributed by atoms with Gasteiger partial charge >= 0.3 is 6.09 Å². The van der Waals surface area contributed by atoms with Gasteiger partial charge in [0.1, 0.15) is 12.4 Å². The van der Waals surface area contributed by atoms with Gasteiger partial charge in [-0.1, -0.05) is 13.3 Å². The molecule has 0 atom stereocenters. The molecule has 78 valence electrons. The molecule has 14 heavy (non-hydrogen) atoms. The van der Waals surface area contributed by atoms with Crippen molar-refractivity contribution in [3.63, 3.8) is 0 Å². The van der Waals surface area contributed by atoms with Crippen molar-refractivity contribution in [2.75, 3.05) is 6.61 Å². The molecule has 4 heteroatoms. The minimum atomic E-state index is -0.317. The third-order valence-corrected chi connectivity index (χ3v) is 1.94. The number of unbranched alkanes of at least 4 members (excludes halogenated alkanes) is 1. The summed E-state index contributed by atoms with van der Waals surface area (Å²) in [5, 5.41) is 0. The summed E-state index contributed by atoms with van der Waals surface area (Å²) in [5.74, 6) is 0. The Bertz CT molecular complexity index is 294. The number of rotatable bonds is 4. The lowest BCUT2D eigenvalue weighted by molar-refractivity contribution is -0.585. The second kappa shape index (κ2) is 5.42. The number of aryl methyl sites for hydroxylation is 1. The molecular weight excluding hydrogens is 180 g/mol. The molecular formula is C10H17N2O2+. The van der Waals surface area contributed by atoms with E-state index in [1.807, 2.05) is 10.8 Å². The van der Waals surface area contributed by atoms with Crippen molar-refractivity contribution in [2.45, 2.75) is 33.2 Å². The van der Waals surface area contributed by atoms with E-state index in [0.717, 1.165) is 19.4 Å². The summed E-state index contributed by atoms with van der Waals surface area (Å²) in [4.78, 5) is 11.3. The molecule has 1 rings (SSSR count). The average Bonchev–Trinajstić information content (AvgIpc) is 2.63. The van der Waals surface area contributed by atoms with E-state index in [2.05, 4.69) is 6.92 Å². The third kappa shape index (κ3) is 2.87. The second-order valence-electron chi connectivity index (χ2n) is 3.11. The van der Waals surface area contributed by atoms with Gasteiger partial charge in [-0.15, -0.1) is 4.57 Å². The smallest absolute Gasteiger partial charge is 0.431 e. The third-order valence-electron chi connectivity index (χ3n) is 1.94. The molecule has 0 saturated heterocycles. The molecule has 1 aromatic rings. The van der Waals surface area contributed by atoms with Crippen molar-refractivity contribution in [2.24, 2.45) is 0 Å². The number of imidazole rings is 1. The fraction of sp³-hybridized carbons (Fsp3) is 0.600. The molecule has 0 unspecified atom stereocenters. The zero-order chi connectivity index (χ0) is 10.4. The van der Waals surface area contributed by atoms with Gasteiger partial charge in [-0.3, -0.25) is 0 Å². The van der Waals surface area contributed by atoms with E-state index in [1.165, 1.54) is 4.57 Å². The highest BCUT2D eigenvalue weighted by Gasteiger charge is 2.12. The maximum atomic E-state index is 11.3. The van der Waals surface area contributed by atoms with Crippen LogP contribution in [0.1, 0.15) is 26.7 Å². The van der Waals surface area contributed by atoms with E-state index in [1.54, 1.807) is 19.4 Å². The lowest BCUT2D eigenvalue weighted by Crippen LogP contribution is -2.41. The number of aromatic nitrogens is 2. The van der Waals surface area contributed by atoms with E-state index < -0.39 is 0 Å². The lowest BCUT2D eigenvalue weighted by atomic mass is 10.3. The molecule has 0 spiro atoms. The first-order valence-electron chi connectivity index (χ1n) is 5.02. The highest BCUT2D eigenvalue weighted by Crippen LogP contribution is 1.93. The first-order valence-corrected chi connectivity index (χ1v) is 5.02. The quantitative estimate of drug-likeness (QED) is 0.687. The molecule has 1 aromatic heterocycles. The summed E-state index contributed by atoms with van der Waals surface area (Å²) in [5.41, 5.74) is 0. The van der Waals surface area contributed by atoms with E-state index in [4.69, 9.17) is 4.74 Å². The molecule has 0 aliphatic heterocycles. The normalized spacial score (nSPS) is 10.1. The fourth-order valence-corrected chi connectivity index (χ4v) is 1.17. The molecule has 0 radical (unpaired) electrons. The minimum absolute atomic E-state index is 0.317. The topological polar surface area (TPSA) is 35.1 Å². The highest BCUT2D eigenvalue weighted by molar-refractivity contribution is 5.56. The molecule has 0 fully saturated rings. The van der Waals surface area contributed by atoms with Gasteiger partial charge in [0, 0.05) is 0 Å². The standard InChI is InChI=1S/C10H17N2O2/c1-3-5-6-11-7-8-12(9-11)10(13)14-4-2/h7-9H,3-6H2,1-2H3/q+1. The van der Waals surface area contributed by atoms with Gasteiger partial charge < -0.3 is 4.74 Å². The number of hydrogen-bond acceptors (Lipinski definition) is 2. The second-order valence-corrected chi connectivity index (χ2v) is 3.11. The van der Waals surface area contributed by atoms with Crippen LogP contribution in [0.3, 0.4) is 0 Å². The summed E-state index contributed by atoms with van der Waals surface area (Å²) in [6.45, 7) is 5.30. The highest BCUT2D eigenvalue weighted by atomic mass is 16.5. The summed E-state index contributed by atoms with van der Waals surface area (Å²) >= 11 is 0. The van der Waals surface area contributed by atoms with Crippen LogP contribution < -0.4 is 4.57 Å². The van der Waals surface area contributed by atoms with Crippen molar-refractivity contribution < 1.29 is 14.1 Å². The van der Waals surface area contributed by atoms with Gasteiger partial charge in [-0.25, -0.2) is 4.57 Å². The SMILES string of the molecule is CCCCn1cc[n+](C(=O)OCC)c1. The Labute approximate surface area is 84.1 Å². The van der Waals surface area contributed by atoms with Gasteiger partial charge in [-0.05, 0) is 13.3 Å². The maximum absolute atomic E-state index is 11.3. The summed E-state index contributed by atoms with van der Waals surface area (Å²) < 4.78 is 8.30. The monoisotopic (exact) mass is 197 g/mol. The predicted molar refractivity (Wildman–Crippen MR) is 52.0 cm³/mol. The number of ether oxygens (including phenoxy) is 1. The molecule has 0 amide bonds. The van der Waals surface area contributed by atoms with Crippen LogP contribution in [0, 0.1) is 0 Å². The van der Waals surface area contributed by atoms with Crippen LogP contribution in [-0.4, -0.2) is 17.3 Å². The van der Waals surface area contributed by atoms with Gasteiger partial charge in [0.15, 0.2) is 0 Å². The first-order chi connectivity index (χ1) is 6.77. The Hall–Kier alpha value is -1.32. The zero-order valence-electron chi connectivity index (χ0n) is 8.77. The predicted octanol–water partition coefficient (Wildman–Crippen LogP) is 1.58. The summed E-state index contributed by atoms with van der Waals surface area (Å²) in [6.07, 6.45) is 7.31. The molecule has 0 saturated carbocycles. The van der Waals surface area contributed by atoms with Crippen molar-refractivity contribution in [1.82, 2.24) is 4.57 Å². The number of carbonyl (C=O) groups excluding carboxylic acids is 1. The van der Waals surface area contributed by atoms with Crippen molar-refractivity contribution in [3.05, 3.63) is 18.7 Å². The fourth-order valence-electron chi connectivity index (χ4n) is 1.17. The molecule has 4 nitrogen and oxygen atoms in total. The van der Waals surface area contributed by atoms with Crippen LogP contribution in [-0.2, 0) is 11.3 Å². The van der Waals surface area contributed by atoms with Crippen molar-refractivity contribution in [3.8, 4) is 0 Å². The van der Waals surface area contributed by atoms with Crippen LogP contribution in [0.15, 0.2) is 18.7 Å². The Morgan fingerprint density at radius 1 is 1.50 bits per heavy atom. The van der Waals surface area contributed by atoms with Crippen LogP contribution in [0.5, 0.6) is 0 Å². The largest absolute Gasteiger partial charge is 0.511 e. The van der Waals surface area contributed by atoms with Crippen LogP contribution in [0.25, 0.3) is 0 Å². The number of hydrogen-bond donors (Lipinski definition) is 0. The number of nitrogens with zero attached hydrogens (tertiary/aromatic N) is 2. The van der Waals surface area contributed by atoms with Crippen molar-refractivity contribution >= 4 is 6.09 Å². The zero-order valence-corrected chi connectivity index (χ0v) is 8.77. The van der Waals surface area contributed by atoms with Crippen LogP contribution in [0.4, 0.5) is 4.79 Å². The molecule has 1 heterocycles. The Kier molecular flexibility index (Phi) is 4.16. The average molecular weight is 197 g/mol. The Morgan fingerprint density at radius 3 is 2.93 bits per heavy atom. The van der Waals surface area contributed by atoms with E-state index in [0.29, 0.717) is 6.61 Å². The van der Waals surface area contributed by atoms with Crippen LogP contribution in [0.2, 0.25) is 0 Å². The minimum Gasteiger partial charge on any atom is -0.431 e.